The number of piperidine rings is 1. The molecule has 0 aliphatic carbocycles. The molecule has 2 atom stereocenters. The SMILES string of the molecule is CC(=O)[O-].CCCCCCCCCCC[NH+]1CCCC(CC)C1. The smallest absolute Gasteiger partial charge is 0.0799 e. The van der Waals surface area contributed by atoms with Gasteiger partial charge in [-0.2, -0.15) is 0 Å². The first kappa shape index (κ1) is 22.4. The van der Waals surface area contributed by atoms with Crippen LogP contribution in [0.3, 0.4) is 0 Å². The molecule has 3 nitrogen and oxygen atoms in total. The Labute approximate surface area is 144 Å². The highest BCUT2D eigenvalue weighted by Crippen LogP contribution is 2.11. The second kappa shape index (κ2) is 16.3. The first-order valence-corrected chi connectivity index (χ1v) is 10.1. The third-order valence-electron chi connectivity index (χ3n) is 4.93. The van der Waals surface area contributed by atoms with Crippen molar-refractivity contribution >= 4 is 5.97 Å². The van der Waals surface area contributed by atoms with Crippen molar-refractivity contribution in [2.45, 2.75) is 97.8 Å². The monoisotopic (exact) mass is 327 g/mol. The van der Waals surface area contributed by atoms with Crippen LogP contribution in [0.5, 0.6) is 0 Å². The minimum Gasteiger partial charge on any atom is -0.550 e. The van der Waals surface area contributed by atoms with Gasteiger partial charge in [-0.25, -0.2) is 0 Å². The van der Waals surface area contributed by atoms with Crippen LogP contribution in [0.15, 0.2) is 0 Å². The maximum Gasteiger partial charge on any atom is 0.0799 e. The van der Waals surface area contributed by atoms with Crippen LogP contribution in [0.25, 0.3) is 0 Å². The van der Waals surface area contributed by atoms with E-state index in [4.69, 9.17) is 9.90 Å². The molecule has 1 N–H and O–H groups in total. The number of rotatable bonds is 11. The summed E-state index contributed by atoms with van der Waals surface area (Å²) in [6, 6.07) is 0. The number of carboxylic acids is 1. The molecule has 0 bridgehead atoms. The van der Waals surface area contributed by atoms with Crippen LogP contribution in [-0.4, -0.2) is 25.6 Å². The summed E-state index contributed by atoms with van der Waals surface area (Å²) in [4.78, 5) is 10.8. The van der Waals surface area contributed by atoms with Crippen molar-refractivity contribution in [2.75, 3.05) is 19.6 Å². The van der Waals surface area contributed by atoms with Gasteiger partial charge in [0.1, 0.15) is 0 Å². The van der Waals surface area contributed by atoms with Gasteiger partial charge in [-0.05, 0) is 39.0 Å². The Kier molecular flexibility index (Phi) is 15.9. The van der Waals surface area contributed by atoms with Gasteiger partial charge in [0.25, 0.3) is 0 Å². The van der Waals surface area contributed by atoms with E-state index in [0.717, 1.165) is 12.8 Å². The molecular weight excluding hydrogens is 286 g/mol. The van der Waals surface area contributed by atoms with Gasteiger partial charge < -0.3 is 14.8 Å². The summed E-state index contributed by atoms with van der Waals surface area (Å²) in [5, 5.41) is 8.89. The molecule has 1 saturated heterocycles. The van der Waals surface area contributed by atoms with Crippen molar-refractivity contribution in [3.8, 4) is 0 Å². The number of likely N-dealkylation sites (tertiary alicyclic amines) is 1. The number of quaternary nitrogens is 1. The summed E-state index contributed by atoms with van der Waals surface area (Å²) >= 11 is 0. The molecular formula is C20H41NO2. The molecule has 0 saturated carbocycles. The zero-order valence-corrected chi connectivity index (χ0v) is 16.0. The van der Waals surface area contributed by atoms with Crippen molar-refractivity contribution < 1.29 is 14.8 Å². The number of carbonyl (C=O) groups is 1. The van der Waals surface area contributed by atoms with E-state index in [9.17, 15) is 0 Å². The lowest BCUT2D eigenvalue weighted by atomic mass is 9.95. The predicted octanol–water partition coefficient (Wildman–Crippen LogP) is 2.98. The van der Waals surface area contributed by atoms with Crippen LogP contribution >= 0.6 is 0 Å². The van der Waals surface area contributed by atoms with Crippen molar-refractivity contribution in [3.63, 3.8) is 0 Å². The number of unbranched alkanes of at least 4 members (excludes halogenated alkanes) is 8. The molecule has 0 amide bonds. The molecule has 0 aromatic rings. The van der Waals surface area contributed by atoms with Crippen molar-refractivity contribution in [2.24, 2.45) is 5.92 Å². The third-order valence-corrected chi connectivity index (χ3v) is 4.93. The number of aliphatic carboxylic acids is 1. The first-order chi connectivity index (χ1) is 11.1. The number of nitrogens with one attached hydrogen (secondary N) is 1. The van der Waals surface area contributed by atoms with Crippen molar-refractivity contribution in [3.05, 3.63) is 0 Å². The van der Waals surface area contributed by atoms with E-state index in [1.54, 1.807) is 0 Å². The van der Waals surface area contributed by atoms with Gasteiger partial charge in [0.05, 0.1) is 19.6 Å². The predicted molar refractivity (Wildman–Crippen MR) is 96.5 cm³/mol. The van der Waals surface area contributed by atoms with Gasteiger partial charge in [0.15, 0.2) is 0 Å². The van der Waals surface area contributed by atoms with Gasteiger partial charge in [-0.1, -0.05) is 58.8 Å². The van der Waals surface area contributed by atoms with E-state index in [0.29, 0.717) is 0 Å². The quantitative estimate of drug-likeness (QED) is 0.593. The lowest BCUT2D eigenvalue weighted by Gasteiger charge is -2.29. The van der Waals surface area contributed by atoms with E-state index in [2.05, 4.69) is 13.8 Å². The largest absolute Gasteiger partial charge is 0.550 e. The Bertz CT molecular complexity index is 264. The number of hydrogen-bond acceptors (Lipinski definition) is 2. The highest BCUT2D eigenvalue weighted by atomic mass is 16.4. The summed E-state index contributed by atoms with van der Waals surface area (Å²) < 4.78 is 0. The molecule has 3 heteroatoms. The van der Waals surface area contributed by atoms with E-state index < -0.39 is 5.97 Å². The Hall–Kier alpha value is -0.570. The topological polar surface area (TPSA) is 44.6 Å². The summed E-state index contributed by atoms with van der Waals surface area (Å²) in [5.74, 6) is -0.0534. The summed E-state index contributed by atoms with van der Waals surface area (Å²) in [6.45, 7) is 10.0. The van der Waals surface area contributed by atoms with Crippen LogP contribution in [-0.2, 0) is 4.79 Å². The molecule has 0 aromatic heterocycles. The second-order valence-corrected chi connectivity index (χ2v) is 7.19. The van der Waals surface area contributed by atoms with Crippen LogP contribution < -0.4 is 10.0 Å². The standard InChI is InChI=1S/C18H37N.C2H4O2/c1-3-5-6-7-8-9-10-11-12-15-19-16-13-14-18(4-2)17-19;1-2(3)4/h18H,3-17H2,1-2H3;1H3,(H,3,4). The highest BCUT2D eigenvalue weighted by molar-refractivity contribution is 5.60. The highest BCUT2D eigenvalue weighted by Gasteiger charge is 2.20. The zero-order valence-electron chi connectivity index (χ0n) is 16.0. The molecule has 23 heavy (non-hydrogen) atoms. The molecule has 0 aromatic carbocycles. The minimum absolute atomic E-state index is 0.972. The molecule has 1 fully saturated rings. The van der Waals surface area contributed by atoms with E-state index >= 15 is 0 Å². The molecule has 0 radical (unpaired) electrons. The summed E-state index contributed by atoms with van der Waals surface area (Å²) in [7, 11) is 0. The molecule has 2 unspecified atom stereocenters. The number of carbonyl (C=O) groups excluding carboxylic acids is 1. The Morgan fingerprint density at radius 2 is 1.52 bits per heavy atom. The fraction of sp³-hybridized carbons (Fsp3) is 0.950. The average Bonchev–Trinajstić information content (AvgIpc) is 2.53. The van der Waals surface area contributed by atoms with Crippen molar-refractivity contribution in [1.82, 2.24) is 0 Å². The fourth-order valence-electron chi connectivity index (χ4n) is 3.51. The van der Waals surface area contributed by atoms with Gasteiger partial charge in [0, 0.05) is 11.9 Å². The average molecular weight is 328 g/mol. The number of carboxylic acid groups (broad SMARTS) is 1. The molecule has 138 valence electrons. The molecule has 1 aliphatic rings. The summed E-state index contributed by atoms with van der Waals surface area (Å²) in [5.41, 5.74) is 0. The Morgan fingerprint density at radius 1 is 1.00 bits per heavy atom. The van der Waals surface area contributed by atoms with E-state index in [1.807, 2.05) is 4.90 Å². The van der Waals surface area contributed by atoms with Crippen LogP contribution in [0.2, 0.25) is 0 Å². The fourth-order valence-corrected chi connectivity index (χ4v) is 3.51. The molecule has 1 heterocycles. The number of hydrogen-bond donors (Lipinski definition) is 1. The lowest BCUT2D eigenvalue weighted by molar-refractivity contribution is -0.909. The van der Waals surface area contributed by atoms with E-state index in [-0.39, 0.29) is 0 Å². The third kappa shape index (κ3) is 16.1. The van der Waals surface area contributed by atoms with Crippen molar-refractivity contribution in [1.29, 1.82) is 0 Å². The Morgan fingerprint density at radius 3 is 2.04 bits per heavy atom. The minimum atomic E-state index is -1.08. The maximum absolute atomic E-state index is 8.89. The van der Waals surface area contributed by atoms with E-state index in [1.165, 1.54) is 96.7 Å². The normalized spacial score (nSPS) is 20.7. The molecule has 1 aliphatic heterocycles. The van der Waals surface area contributed by atoms with Gasteiger partial charge in [-0.15, -0.1) is 0 Å². The first-order valence-electron chi connectivity index (χ1n) is 10.1. The van der Waals surface area contributed by atoms with Gasteiger partial charge in [-0.3, -0.25) is 0 Å². The van der Waals surface area contributed by atoms with Gasteiger partial charge in [0.2, 0.25) is 0 Å². The van der Waals surface area contributed by atoms with Gasteiger partial charge >= 0.3 is 0 Å². The Balaban J connectivity index is 0.00000108. The molecule has 1 rings (SSSR count). The lowest BCUT2D eigenvalue weighted by Crippen LogP contribution is -3.13. The van der Waals surface area contributed by atoms with Crippen LogP contribution in [0, 0.1) is 5.92 Å². The second-order valence-electron chi connectivity index (χ2n) is 7.19. The molecule has 0 spiro atoms. The maximum atomic E-state index is 8.89. The zero-order chi connectivity index (χ0) is 17.3. The summed E-state index contributed by atoms with van der Waals surface area (Å²) in [6.07, 6.45) is 17.5. The van der Waals surface area contributed by atoms with Crippen LogP contribution in [0.1, 0.15) is 97.8 Å². The van der Waals surface area contributed by atoms with Crippen LogP contribution in [0.4, 0.5) is 0 Å².